The highest BCUT2D eigenvalue weighted by Gasteiger charge is 1.93. The molecule has 0 fully saturated rings. The maximum absolute atomic E-state index is 8.53. The van der Waals surface area contributed by atoms with Gasteiger partial charge in [0.05, 0.1) is 6.20 Å². The molecule has 0 saturated heterocycles. The number of hydrogen-bond donors (Lipinski definition) is 1. The van der Waals surface area contributed by atoms with Crippen LogP contribution in [0.25, 0.3) is 0 Å². The van der Waals surface area contributed by atoms with Crippen molar-refractivity contribution in [1.29, 1.82) is 0 Å². The van der Waals surface area contributed by atoms with E-state index in [1.54, 1.807) is 30.4 Å². The number of aliphatic hydroxyl groups excluding tert-OH is 1. The summed E-state index contributed by atoms with van der Waals surface area (Å²) in [5.41, 5.74) is 0. The first-order chi connectivity index (χ1) is 5.93. The fourth-order valence-electron chi connectivity index (χ4n) is 0.751. The lowest BCUT2D eigenvalue weighted by atomic mass is 10.4. The molecule has 0 aliphatic heterocycles. The molecule has 0 unspecified atom stereocenters. The molecule has 1 aromatic rings. The van der Waals surface area contributed by atoms with Gasteiger partial charge in [-0.2, -0.15) is 0 Å². The predicted octanol–water partition coefficient (Wildman–Crippen LogP) is 1.34. The SMILES string of the molecule is OCCCCSc1cnccn1. The zero-order valence-corrected chi connectivity index (χ0v) is 7.63. The molecular weight excluding hydrogens is 172 g/mol. The fourth-order valence-corrected chi connectivity index (χ4v) is 1.58. The van der Waals surface area contributed by atoms with Crippen molar-refractivity contribution in [1.82, 2.24) is 9.97 Å². The largest absolute Gasteiger partial charge is 0.396 e. The summed E-state index contributed by atoms with van der Waals surface area (Å²) >= 11 is 1.68. The van der Waals surface area contributed by atoms with Gasteiger partial charge in [-0.15, -0.1) is 11.8 Å². The van der Waals surface area contributed by atoms with Gasteiger partial charge in [0, 0.05) is 19.0 Å². The van der Waals surface area contributed by atoms with Gasteiger partial charge in [0.2, 0.25) is 0 Å². The first-order valence-electron chi connectivity index (χ1n) is 3.93. The fraction of sp³-hybridized carbons (Fsp3) is 0.500. The summed E-state index contributed by atoms with van der Waals surface area (Å²) in [4.78, 5) is 8.07. The molecule has 1 N–H and O–H groups in total. The van der Waals surface area contributed by atoms with Crippen LogP contribution in [0.4, 0.5) is 0 Å². The van der Waals surface area contributed by atoms with E-state index >= 15 is 0 Å². The number of thioether (sulfide) groups is 1. The van der Waals surface area contributed by atoms with Gasteiger partial charge in [-0.05, 0) is 18.6 Å². The number of unbranched alkanes of at least 4 members (excludes halogenated alkanes) is 1. The molecule has 12 heavy (non-hydrogen) atoms. The second-order valence-electron chi connectivity index (χ2n) is 2.32. The Labute approximate surface area is 76.2 Å². The van der Waals surface area contributed by atoms with Crippen LogP contribution in [0.5, 0.6) is 0 Å². The summed E-state index contributed by atoms with van der Waals surface area (Å²) in [5, 5.41) is 9.48. The van der Waals surface area contributed by atoms with E-state index in [0.717, 1.165) is 23.6 Å². The molecule has 0 saturated carbocycles. The minimum atomic E-state index is 0.279. The minimum absolute atomic E-state index is 0.279. The van der Waals surface area contributed by atoms with Gasteiger partial charge in [0.1, 0.15) is 5.03 Å². The van der Waals surface area contributed by atoms with E-state index in [2.05, 4.69) is 9.97 Å². The third-order valence-corrected chi connectivity index (χ3v) is 2.34. The van der Waals surface area contributed by atoms with Crippen LogP contribution in [-0.2, 0) is 0 Å². The zero-order valence-electron chi connectivity index (χ0n) is 6.81. The van der Waals surface area contributed by atoms with Gasteiger partial charge in [-0.3, -0.25) is 4.98 Å². The molecule has 1 rings (SSSR count). The lowest BCUT2D eigenvalue weighted by Gasteiger charge is -1.97. The molecule has 3 nitrogen and oxygen atoms in total. The van der Waals surface area contributed by atoms with E-state index in [1.807, 2.05) is 0 Å². The van der Waals surface area contributed by atoms with Gasteiger partial charge in [0.15, 0.2) is 0 Å². The highest BCUT2D eigenvalue weighted by atomic mass is 32.2. The third-order valence-electron chi connectivity index (χ3n) is 1.34. The normalized spacial score (nSPS) is 10.1. The number of nitrogens with zero attached hydrogens (tertiary/aromatic N) is 2. The maximum atomic E-state index is 8.53. The third kappa shape index (κ3) is 3.69. The molecule has 0 spiro atoms. The van der Waals surface area contributed by atoms with Crippen molar-refractivity contribution in [3.63, 3.8) is 0 Å². The van der Waals surface area contributed by atoms with E-state index in [4.69, 9.17) is 5.11 Å². The van der Waals surface area contributed by atoms with Crippen molar-refractivity contribution in [2.45, 2.75) is 17.9 Å². The summed E-state index contributed by atoms with van der Waals surface area (Å²) in [5.74, 6) is 0.999. The standard InChI is InChI=1S/C8H12N2OS/c11-5-1-2-6-12-8-7-9-3-4-10-8/h3-4,7,11H,1-2,5-6H2. The van der Waals surface area contributed by atoms with E-state index in [0.29, 0.717) is 0 Å². The minimum Gasteiger partial charge on any atom is -0.396 e. The molecule has 0 aliphatic rings. The highest BCUT2D eigenvalue weighted by molar-refractivity contribution is 7.99. The van der Waals surface area contributed by atoms with Gasteiger partial charge in [-0.1, -0.05) is 0 Å². The van der Waals surface area contributed by atoms with Crippen LogP contribution in [0.2, 0.25) is 0 Å². The van der Waals surface area contributed by atoms with Crippen molar-refractivity contribution >= 4 is 11.8 Å². The topological polar surface area (TPSA) is 46.0 Å². The molecule has 4 heteroatoms. The lowest BCUT2D eigenvalue weighted by molar-refractivity contribution is 0.287. The second kappa shape index (κ2) is 5.97. The second-order valence-corrected chi connectivity index (χ2v) is 3.44. The molecule has 1 aromatic heterocycles. The van der Waals surface area contributed by atoms with Crippen LogP contribution in [0.15, 0.2) is 23.6 Å². The van der Waals surface area contributed by atoms with Crippen LogP contribution in [0.1, 0.15) is 12.8 Å². The molecule has 1 heterocycles. The number of rotatable bonds is 5. The molecule has 0 aliphatic carbocycles. The first kappa shape index (κ1) is 9.48. The Morgan fingerprint density at radius 2 is 2.25 bits per heavy atom. The van der Waals surface area contributed by atoms with Crippen LogP contribution in [0.3, 0.4) is 0 Å². The highest BCUT2D eigenvalue weighted by Crippen LogP contribution is 2.14. The van der Waals surface area contributed by atoms with Crippen LogP contribution in [-0.4, -0.2) is 27.4 Å². The first-order valence-corrected chi connectivity index (χ1v) is 4.91. The monoisotopic (exact) mass is 184 g/mol. The molecule has 0 atom stereocenters. The Bertz CT molecular complexity index is 205. The number of hydrogen-bond acceptors (Lipinski definition) is 4. The van der Waals surface area contributed by atoms with Gasteiger partial charge in [0.25, 0.3) is 0 Å². The molecule has 66 valence electrons. The number of aliphatic hydroxyl groups is 1. The molecular formula is C8H12N2OS. The van der Waals surface area contributed by atoms with Gasteiger partial charge in [-0.25, -0.2) is 4.98 Å². The average molecular weight is 184 g/mol. The summed E-state index contributed by atoms with van der Waals surface area (Å²) < 4.78 is 0. The maximum Gasteiger partial charge on any atom is 0.114 e. The summed E-state index contributed by atoms with van der Waals surface area (Å²) in [6.45, 7) is 0.279. The smallest absolute Gasteiger partial charge is 0.114 e. The van der Waals surface area contributed by atoms with Crippen LogP contribution < -0.4 is 0 Å². The van der Waals surface area contributed by atoms with Crippen molar-refractivity contribution in [2.75, 3.05) is 12.4 Å². The van der Waals surface area contributed by atoms with E-state index in [-0.39, 0.29) is 6.61 Å². The Hall–Kier alpha value is -0.610. The molecule has 0 bridgehead atoms. The van der Waals surface area contributed by atoms with E-state index in [1.165, 1.54) is 0 Å². The van der Waals surface area contributed by atoms with Crippen molar-refractivity contribution in [2.24, 2.45) is 0 Å². The molecule has 0 aromatic carbocycles. The molecule has 0 amide bonds. The van der Waals surface area contributed by atoms with Crippen LogP contribution >= 0.6 is 11.8 Å². The summed E-state index contributed by atoms with van der Waals surface area (Å²) in [6.07, 6.45) is 7.00. The number of aromatic nitrogens is 2. The Morgan fingerprint density at radius 1 is 1.33 bits per heavy atom. The van der Waals surface area contributed by atoms with Crippen molar-refractivity contribution in [3.8, 4) is 0 Å². The quantitative estimate of drug-likeness (QED) is 0.554. The average Bonchev–Trinajstić information content (AvgIpc) is 2.14. The summed E-state index contributed by atoms with van der Waals surface area (Å²) in [6, 6.07) is 0. The van der Waals surface area contributed by atoms with Gasteiger partial charge < -0.3 is 5.11 Å². The van der Waals surface area contributed by atoms with Crippen molar-refractivity contribution < 1.29 is 5.11 Å². The Kier molecular flexibility index (Phi) is 4.71. The summed E-state index contributed by atoms with van der Waals surface area (Å²) in [7, 11) is 0. The van der Waals surface area contributed by atoms with E-state index < -0.39 is 0 Å². The van der Waals surface area contributed by atoms with E-state index in [9.17, 15) is 0 Å². The lowest BCUT2D eigenvalue weighted by Crippen LogP contribution is -1.87. The van der Waals surface area contributed by atoms with Crippen molar-refractivity contribution in [3.05, 3.63) is 18.6 Å². The van der Waals surface area contributed by atoms with Crippen LogP contribution in [0, 0.1) is 0 Å². The zero-order chi connectivity index (χ0) is 8.65. The molecule has 0 radical (unpaired) electrons. The predicted molar refractivity (Wildman–Crippen MR) is 49.1 cm³/mol. The Balaban J connectivity index is 2.16. The Morgan fingerprint density at radius 3 is 2.92 bits per heavy atom. The van der Waals surface area contributed by atoms with Gasteiger partial charge >= 0.3 is 0 Å².